The summed E-state index contributed by atoms with van der Waals surface area (Å²) in [6.07, 6.45) is 5.08. The number of hydrogen-bond donors (Lipinski definition) is 0. The average molecular weight is 204 g/mol. The number of carbonyl (C=O) groups excluding carboxylic acids is 1. The molecule has 1 unspecified atom stereocenters. The second-order valence-electron chi connectivity index (χ2n) is 3.57. The van der Waals surface area contributed by atoms with Crippen molar-refractivity contribution >= 4 is 17.5 Å². The number of likely N-dealkylation sites (tertiary alicyclic amines) is 1. The van der Waals surface area contributed by atoms with Gasteiger partial charge in [-0.3, -0.25) is 4.79 Å². The molecule has 1 heterocycles. The van der Waals surface area contributed by atoms with Gasteiger partial charge in [0, 0.05) is 24.9 Å². The van der Waals surface area contributed by atoms with Gasteiger partial charge in [-0.1, -0.05) is 6.92 Å². The van der Waals surface area contributed by atoms with Crippen molar-refractivity contribution in [1.82, 2.24) is 4.90 Å². The van der Waals surface area contributed by atoms with Crippen molar-refractivity contribution in [3.63, 3.8) is 0 Å². The molecule has 13 heavy (non-hydrogen) atoms. The maximum absolute atomic E-state index is 11.5. The van der Waals surface area contributed by atoms with Gasteiger partial charge in [-0.05, 0) is 25.7 Å². The quantitative estimate of drug-likeness (QED) is 0.643. The Morgan fingerprint density at radius 1 is 1.62 bits per heavy atom. The molecule has 0 radical (unpaired) electrons. The maximum atomic E-state index is 11.5. The molecular weight excluding hydrogens is 186 g/mol. The summed E-state index contributed by atoms with van der Waals surface area (Å²) in [5.41, 5.74) is 0. The summed E-state index contributed by atoms with van der Waals surface area (Å²) in [6.45, 7) is 2.89. The molecule has 0 saturated carbocycles. The molecule has 1 aliphatic rings. The Kier molecular flexibility index (Phi) is 4.57. The summed E-state index contributed by atoms with van der Waals surface area (Å²) in [6, 6.07) is 0.478. The minimum Gasteiger partial charge on any atom is -0.340 e. The lowest BCUT2D eigenvalue weighted by Gasteiger charge is -2.23. The van der Waals surface area contributed by atoms with Gasteiger partial charge in [0.15, 0.2) is 0 Å². The van der Waals surface area contributed by atoms with E-state index in [1.165, 1.54) is 12.8 Å². The first kappa shape index (κ1) is 10.8. The molecule has 0 N–H and O–H groups in total. The van der Waals surface area contributed by atoms with Crippen LogP contribution in [0.25, 0.3) is 0 Å². The van der Waals surface area contributed by atoms with Crippen molar-refractivity contribution in [3.05, 3.63) is 0 Å². The molecule has 1 rings (SSSR count). The molecule has 0 aromatic rings. The van der Waals surface area contributed by atoms with E-state index in [0.717, 1.165) is 19.4 Å². The Balaban J connectivity index is 2.39. The van der Waals surface area contributed by atoms with E-state index in [9.17, 15) is 4.79 Å². The highest BCUT2D eigenvalue weighted by atomic mass is 35.5. The second kappa shape index (κ2) is 5.48. The topological polar surface area (TPSA) is 20.3 Å². The predicted molar refractivity (Wildman–Crippen MR) is 55.0 cm³/mol. The van der Waals surface area contributed by atoms with Crippen molar-refractivity contribution in [3.8, 4) is 0 Å². The van der Waals surface area contributed by atoms with Gasteiger partial charge in [0.2, 0.25) is 5.91 Å². The van der Waals surface area contributed by atoms with Gasteiger partial charge in [0.25, 0.3) is 0 Å². The van der Waals surface area contributed by atoms with Crippen LogP contribution in [0.15, 0.2) is 0 Å². The lowest BCUT2D eigenvalue weighted by Crippen LogP contribution is -2.34. The highest BCUT2D eigenvalue weighted by Crippen LogP contribution is 2.22. The van der Waals surface area contributed by atoms with E-state index in [2.05, 4.69) is 0 Å². The van der Waals surface area contributed by atoms with E-state index < -0.39 is 0 Å². The minimum atomic E-state index is 0.303. The zero-order valence-corrected chi connectivity index (χ0v) is 9.02. The number of hydrogen-bond acceptors (Lipinski definition) is 1. The SMILES string of the molecule is CCC(=O)N1CCCC1CCCCl. The van der Waals surface area contributed by atoms with Gasteiger partial charge >= 0.3 is 0 Å². The maximum Gasteiger partial charge on any atom is 0.222 e. The molecule has 1 amide bonds. The van der Waals surface area contributed by atoms with Crippen LogP contribution in [-0.2, 0) is 4.79 Å². The Morgan fingerprint density at radius 3 is 3.00 bits per heavy atom. The Hall–Kier alpha value is -0.240. The van der Waals surface area contributed by atoms with Crippen molar-refractivity contribution in [2.45, 2.75) is 45.1 Å². The third-order valence-electron chi connectivity index (χ3n) is 2.67. The van der Waals surface area contributed by atoms with Crippen LogP contribution in [0.2, 0.25) is 0 Å². The zero-order chi connectivity index (χ0) is 9.68. The molecule has 3 heteroatoms. The predicted octanol–water partition coefficient (Wildman–Crippen LogP) is 2.41. The van der Waals surface area contributed by atoms with Crippen molar-refractivity contribution in [2.24, 2.45) is 0 Å². The van der Waals surface area contributed by atoms with Crippen LogP contribution in [0.3, 0.4) is 0 Å². The van der Waals surface area contributed by atoms with Crippen LogP contribution < -0.4 is 0 Å². The fourth-order valence-electron chi connectivity index (χ4n) is 1.98. The normalized spacial score (nSPS) is 22.3. The van der Waals surface area contributed by atoms with Crippen LogP contribution >= 0.6 is 11.6 Å². The fourth-order valence-corrected chi connectivity index (χ4v) is 2.13. The molecule has 0 aliphatic carbocycles. The number of rotatable bonds is 4. The summed E-state index contributed by atoms with van der Waals surface area (Å²) in [4.78, 5) is 13.5. The average Bonchev–Trinajstić information content (AvgIpc) is 2.61. The minimum absolute atomic E-state index is 0.303. The molecule has 1 atom stereocenters. The van der Waals surface area contributed by atoms with Crippen molar-refractivity contribution in [2.75, 3.05) is 12.4 Å². The summed E-state index contributed by atoms with van der Waals surface area (Å²) in [5, 5.41) is 0. The first-order valence-electron chi connectivity index (χ1n) is 5.15. The number of nitrogens with zero attached hydrogens (tertiary/aromatic N) is 1. The van der Waals surface area contributed by atoms with E-state index in [1.807, 2.05) is 11.8 Å². The molecule has 0 bridgehead atoms. The molecular formula is C10H18ClNO. The highest BCUT2D eigenvalue weighted by Gasteiger charge is 2.26. The molecule has 1 aliphatic heterocycles. The summed E-state index contributed by atoms with van der Waals surface area (Å²) < 4.78 is 0. The van der Waals surface area contributed by atoms with Crippen molar-refractivity contribution < 1.29 is 4.79 Å². The third kappa shape index (κ3) is 2.87. The molecule has 1 fully saturated rings. The standard InChI is InChI=1S/C10H18ClNO/c1-2-10(13)12-8-4-6-9(12)5-3-7-11/h9H,2-8H2,1H3. The van der Waals surface area contributed by atoms with E-state index >= 15 is 0 Å². The zero-order valence-electron chi connectivity index (χ0n) is 8.26. The van der Waals surface area contributed by atoms with Crippen LogP contribution in [0, 0.1) is 0 Å². The van der Waals surface area contributed by atoms with E-state index in [0.29, 0.717) is 24.2 Å². The van der Waals surface area contributed by atoms with Gasteiger partial charge in [-0.15, -0.1) is 11.6 Å². The van der Waals surface area contributed by atoms with E-state index in [4.69, 9.17) is 11.6 Å². The Bertz CT molecular complexity index is 172. The smallest absolute Gasteiger partial charge is 0.222 e. The fraction of sp³-hybridized carbons (Fsp3) is 0.900. The lowest BCUT2D eigenvalue weighted by molar-refractivity contribution is -0.131. The number of halogens is 1. The Morgan fingerprint density at radius 2 is 2.38 bits per heavy atom. The van der Waals surface area contributed by atoms with Crippen LogP contribution in [-0.4, -0.2) is 29.3 Å². The highest BCUT2D eigenvalue weighted by molar-refractivity contribution is 6.17. The third-order valence-corrected chi connectivity index (χ3v) is 2.94. The Labute approximate surface area is 85.2 Å². The van der Waals surface area contributed by atoms with E-state index in [1.54, 1.807) is 0 Å². The molecule has 0 spiro atoms. The van der Waals surface area contributed by atoms with Crippen molar-refractivity contribution in [1.29, 1.82) is 0 Å². The summed E-state index contributed by atoms with van der Waals surface area (Å²) >= 11 is 5.64. The first-order chi connectivity index (χ1) is 6.29. The molecule has 2 nitrogen and oxygen atoms in total. The van der Waals surface area contributed by atoms with Gasteiger partial charge in [-0.25, -0.2) is 0 Å². The van der Waals surface area contributed by atoms with Gasteiger partial charge < -0.3 is 4.90 Å². The number of alkyl halides is 1. The monoisotopic (exact) mass is 203 g/mol. The molecule has 76 valence electrons. The van der Waals surface area contributed by atoms with Crippen LogP contribution in [0.5, 0.6) is 0 Å². The van der Waals surface area contributed by atoms with Gasteiger partial charge in [-0.2, -0.15) is 0 Å². The second-order valence-corrected chi connectivity index (χ2v) is 3.95. The first-order valence-corrected chi connectivity index (χ1v) is 5.68. The largest absolute Gasteiger partial charge is 0.340 e. The van der Waals surface area contributed by atoms with Gasteiger partial charge in [0.1, 0.15) is 0 Å². The number of carbonyl (C=O) groups is 1. The molecule has 1 saturated heterocycles. The summed E-state index contributed by atoms with van der Waals surface area (Å²) in [7, 11) is 0. The van der Waals surface area contributed by atoms with Crippen LogP contribution in [0.4, 0.5) is 0 Å². The lowest BCUT2D eigenvalue weighted by atomic mass is 10.1. The van der Waals surface area contributed by atoms with Crippen LogP contribution in [0.1, 0.15) is 39.0 Å². The molecule has 0 aromatic carbocycles. The van der Waals surface area contributed by atoms with E-state index in [-0.39, 0.29) is 0 Å². The summed E-state index contributed by atoms with van der Waals surface area (Å²) in [5.74, 6) is 1.02. The van der Waals surface area contributed by atoms with Gasteiger partial charge in [0.05, 0.1) is 0 Å². The number of amides is 1. The molecule has 0 aromatic heterocycles.